The molecule has 4 N–H and O–H groups in total. The second-order valence-corrected chi connectivity index (χ2v) is 5.44. The minimum Gasteiger partial charge on any atom is -0.369 e. The number of carbonyl (C=O) groups excluding carboxylic acids is 2. The van der Waals surface area contributed by atoms with E-state index in [1.165, 1.54) is 0 Å². The Hall–Kier alpha value is -1.10. The van der Waals surface area contributed by atoms with Gasteiger partial charge in [-0.2, -0.15) is 0 Å². The van der Waals surface area contributed by atoms with Gasteiger partial charge in [0, 0.05) is 13.0 Å². The number of primary amides is 1. The zero-order valence-corrected chi connectivity index (χ0v) is 10.7. The van der Waals surface area contributed by atoms with Crippen molar-refractivity contribution in [2.45, 2.75) is 33.1 Å². The topological polar surface area (TPSA) is 84.2 Å². The predicted molar refractivity (Wildman–Crippen MR) is 66.2 cm³/mol. The molecule has 5 nitrogen and oxygen atoms in total. The quantitative estimate of drug-likeness (QED) is 0.633. The summed E-state index contributed by atoms with van der Waals surface area (Å²) in [6.07, 6.45) is 2.76. The highest BCUT2D eigenvalue weighted by Crippen LogP contribution is 2.15. The third-order valence-corrected chi connectivity index (χ3v) is 3.27. The molecule has 1 saturated heterocycles. The average molecular weight is 241 g/mol. The lowest BCUT2D eigenvalue weighted by molar-refractivity contribution is -0.127. The van der Waals surface area contributed by atoms with Crippen LogP contribution >= 0.6 is 0 Å². The number of piperidine rings is 1. The second-order valence-electron chi connectivity index (χ2n) is 5.44. The highest BCUT2D eigenvalue weighted by atomic mass is 16.2. The smallest absolute Gasteiger partial charge is 0.224 e. The van der Waals surface area contributed by atoms with E-state index in [-0.39, 0.29) is 5.91 Å². The van der Waals surface area contributed by atoms with Gasteiger partial charge in [-0.3, -0.25) is 9.59 Å². The van der Waals surface area contributed by atoms with Gasteiger partial charge in [0.2, 0.25) is 11.8 Å². The van der Waals surface area contributed by atoms with Crippen LogP contribution in [0.25, 0.3) is 0 Å². The third kappa shape index (κ3) is 4.73. The first kappa shape index (κ1) is 14.0. The molecule has 1 aliphatic heterocycles. The van der Waals surface area contributed by atoms with Crippen LogP contribution in [0.2, 0.25) is 0 Å². The van der Waals surface area contributed by atoms with E-state index in [9.17, 15) is 9.59 Å². The average Bonchev–Trinajstić information content (AvgIpc) is 2.28. The van der Waals surface area contributed by atoms with Gasteiger partial charge in [-0.25, -0.2) is 0 Å². The van der Waals surface area contributed by atoms with Crippen LogP contribution in [0.1, 0.15) is 33.1 Å². The van der Waals surface area contributed by atoms with Crippen molar-refractivity contribution in [3.8, 4) is 0 Å². The Morgan fingerprint density at radius 3 is 2.71 bits per heavy atom. The van der Waals surface area contributed by atoms with E-state index in [1.807, 2.05) is 0 Å². The molecule has 0 saturated carbocycles. The molecule has 0 radical (unpaired) electrons. The molecule has 0 aliphatic carbocycles. The summed E-state index contributed by atoms with van der Waals surface area (Å²) >= 11 is 0. The van der Waals surface area contributed by atoms with Crippen LogP contribution in [-0.4, -0.2) is 31.4 Å². The fourth-order valence-electron chi connectivity index (χ4n) is 1.84. The molecule has 5 heteroatoms. The maximum absolute atomic E-state index is 11.7. The first-order valence-electron chi connectivity index (χ1n) is 6.19. The van der Waals surface area contributed by atoms with E-state index >= 15 is 0 Å². The molecule has 1 unspecified atom stereocenters. The molecular weight excluding hydrogens is 218 g/mol. The summed E-state index contributed by atoms with van der Waals surface area (Å²) in [4.78, 5) is 22.8. The molecule has 0 aromatic heterocycles. The van der Waals surface area contributed by atoms with E-state index in [0.29, 0.717) is 18.9 Å². The summed E-state index contributed by atoms with van der Waals surface area (Å²) in [6.45, 7) is 5.73. The van der Waals surface area contributed by atoms with Gasteiger partial charge < -0.3 is 16.4 Å². The van der Waals surface area contributed by atoms with Crippen molar-refractivity contribution >= 4 is 11.8 Å². The van der Waals surface area contributed by atoms with Crippen LogP contribution in [0.5, 0.6) is 0 Å². The zero-order chi connectivity index (χ0) is 12.9. The van der Waals surface area contributed by atoms with Crippen LogP contribution in [0.4, 0.5) is 0 Å². The monoisotopic (exact) mass is 241 g/mol. The van der Waals surface area contributed by atoms with Crippen molar-refractivity contribution in [1.29, 1.82) is 0 Å². The fourth-order valence-corrected chi connectivity index (χ4v) is 1.84. The fraction of sp³-hybridized carbons (Fsp3) is 0.833. The molecule has 2 amide bonds. The molecule has 0 spiro atoms. The number of nitrogens with one attached hydrogen (secondary N) is 2. The summed E-state index contributed by atoms with van der Waals surface area (Å²) in [6, 6.07) is 0. The number of rotatable bonds is 5. The van der Waals surface area contributed by atoms with Gasteiger partial charge in [0.25, 0.3) is 0 Å². The first-order chi connectivity index (χ1) is 7.92. The van der Waals surface area contributed by atoms with E-state index in [0.717, 1.165) is 25.9 Å². The van der Waals surface area contributed by atoms with E-state index in [1.54, 1.807) is 13.8 Å². The van der Waals surface area contributed by atoms with Gasteiger partial charge in [-0.1, -0.05) is 0 Å². The van der Waals surface area contributed by atoms with Gasteiger partial charge in [-0.05, 0) is 45.7 Å². The second kappa shape index (κ2) is 6.00. The summed E-state index contributed by atoms with van der Waals surface area (Å²) in [7, 11) is 0. The summed E-state index contributed by atoms with van der Waals surface area (Å²) < 4.78 is 0. The van der Waals surface area contributed by atoms with Crippen molar-refractivity contribution in [2.75, 3.05) is 19.6 Å². The van der Waals surface area contributed by atoms with Crippen molar-refractivity contribution in [2.24, 2.45) is 17.1 Å². The minimum absolute atomic E-state index is 0.00743. The van der Waals surface area contributed by atoms with Crippen molar-refractivity contribution in [3.05, 3.63) is 0 Å². The van der Waals surface area contributed by atoms with Gasteiger partial charge in [0.1, 0.15) is 0 Å². The van der Waals surface area contributed by atoms with Gasteiger partial charge >= 0.3 is 0 Å². The Kier molecular flexibility index (Phi) is 4.93. The molecule has 1 aliphatic rings. The highest BCUT2D eigenvalue weighted by Gasteiger charge is 2.26. The number of carbonyl (C=O) groups is 2. The van der Waals surface area contributed by atoms with Crippen LogP contribution in [-0.2, 0) is 9.59 Å². The molecule has 0 aromatic rings. The number of nitrogens with two attached hydrogens (primary N) is 1. The lowest BCUT2D eigenvalue weighted by Gasteiger charge is -2.24. The van der Waals surface area contributed by atoms with Crippen LogP contribution in [0.3, 0.4) is 0 Å². The van der Waals surface area contributed by atoms with E-state index in [4.69, 9.17) is 5.73 Å². The number of hydrogen-bond acceptors (Lipinski definition) is 3. The van der Waals surface area contributed by atoms with Crippen LogP contribution in [0, 0.1) is 11.3 Å². The molecule has 0 aromatic carbocycles. The molecule has 0 bridgehead atoms. The molecular formula is C12H23N3O2. The lowest BCUT2D eigenvalue weighted by Crippen LogP contribution is -2.43. The SMILES string of the molecule is CC(C)(CNC(=O)CC1CCCNC1)C(N)=O. The molecule has 1 heterocycles. The standard InChI is InChI=1S/C12H23N3O2/c1-12(2,11(13)17)8-15-10(16)6-9-4-3-5-14-7-9/h9,14H,3-8H2,1-2H3,(H2,13,17)(H,15,16). The Bertz CT molecular complexity index is 283. The molecule has 98 valence electrons. The van der Waals surface area contributed by atoms with Gasteiger partial charge in [-0.15, -0.1) is 0 Å². The zero-order valence-electron chi connectivity index (χ0n) is 10.7. The summed E-state index contributed by atoms with van der Waals surface area (Å²) in [5.74, 6) is 0.0330. The van der Waals surface area contributed by atoms with Gasteiger partial charge in [0.15, 0.2) is 0 Å². The maximum Gasteiger partial charge on any atom is 0.224 e. The van der Waals surface area contributed by atoms with Crippen LogP contribution < -0.4 is 16.4 Å². The highest BCUT2D eigenvalue weighted by molar-refractivity contribution is 5.82. The Balaban J connectivity index is 2.27. The minimum atomic E-state index is -0.680. The normalized spacial score (nSPS) is 20.9. The third-order valence-electron chi connectivity index (χ3n) is 3.27. The summed E-state index contributed by atoms with van der Waals surface area (Å²) in [5, 5.41) is 6.06. The number of amides is 2. The first-order valence-corrected chi connectivity index (χ1v) is 6.19. The Morgan fingerprint density at radius 2 is 2.18 bits per heavy atom. The van der Waals surface area contributed by atoms with Crippen molar-refractivity contribution < 1.29 is 9.59 Å². The van der Waals surface area contributed by atoms with Gasteiger partial charge in [0.05, 0.1) is 5.41 Å². The summed E-state index contributed by atoms with van der Waals surface area (Å²) in [5.41, 5.74) is 4.56. The lowest BCUT2D eigenvalue weighted by atomic mass is 9.92. The molecule has 1 fully saturated rings. The molecule has 1 atom stereocenters. The van der Waals surface area contributed by atoms with E-state index in [2.05, 4.69) is 10.6 Å². The maximum atomic E-state index is 11.7. The molecule has 17 heavy (non-hydrogen) atoms. The number of hydrogen-bond donors (Lipinski definition) is 3. The largest absolute Gasteiger partial charge is 0.369 e. The Morgan fingerprint density at radius 1 is 1.47 bits per heavy atom. The van der Waals surface area contributed by atoms with Crippen molar-refractivity contribution in [1.82, 2.24) is 10.6 Å². The predicted octanol–water partition coefficient (Wildman–Crippen LogP) is 0.00380. The van der Waals surface area contributed by atoms with Crippen molar-refractivity contribution in [3.63, 3.8) is 0 Å². The van der Waals surface area contributed by atoms with Crippen LogP contribution in [0.15, 0.2) is 0 Å². The van der Waals surface area contributed by atoms with E-state index < -0.39 is 11.3 Å². The Labute approximate surface area is 103 Å². The molecule has 1 rings (SSSR count).